The smallest absolute Gasteiger partial charge is 0.191 e. The normalized spacial score (nSPS) is 24.2. The zero-order valence-electron chi connectivity index (χ0n) is 7.34. The van der Waals surface area contributed by atoms with E-state index in [-0.39, 0.29) is 0 Å². The summed E-state index contributed by atoms with van der Waals surface area (Å²) in [6.07, 6.45) is 4.32. The molecule has 0 spiro atoms. The van der Waals surface area contributed by atoms with Gasteiger partial charge >= 0.3 is 0 Å². The van der Waals surface area contributed by atoms with Crippen LogP contribution in [0, 0.1) is 6.92 Å². The minimum atomic E-state index is 0.542. The Bertz CT molecular complexity index is 251. The fraction of sp³-hybridized carbons (Fsp3) is 0.667. The van der Waals surface area contributed by atoms with E-state index in [1.54, 1.807) is 0 Å². The molecule has 1 unspecified atom stereocenters. The van der Waals surface area contributed by atoms with Gasteiger partial charge in [0.2, 0.25) is 0 Å². The molecule has 0 aromatic carbocycles. The van der Waals surface area contributed by atoms with Crippen LogP contribution in [-0.4, -0.2) is 18.1 Å². The molecule has 3 nitrogen and oxygen atoms in total. The van der Waals surface area contributed by atoms with Crippen LogP contribution in [0.1, 0.15) is 30.4 Å². The summed E-state index contributed by atoms with van der Waals surface area (Å²) in [5.41, 5.74) is 0. The molecular formula is C9H14N2O. The molecule has 1 fully saturated rings. The van der Waals surface area contributed by atoms with Crippen molar-refractivity contribution in [3.63, 3.8) is 0 Å². The van der Waals surface area contributed by atoms with Crippen molar-refractivity contribution in [2.24, 2.45) is 0 Å². The van der Waals surface area contributed by atoms with Crippen LogP contribution in [0.2, 0.25) is 0 Å². The van der Waals surface area contributed by atoms with Crippen LogP contribution in [0.15, 0.2) is 10.6 Å². The van der Waals surface area contributed by atoms with Gasteiger partial charge in [0, 0.05) is 19.4 Å². The van der Waals surface area contributed by atoms with Crippen molar-refractivity contribution in [1.82, 2.24) is 10.3 Å². The third-order valence-electron chi connectivity index (χ3n) is 2.34. The molecule has 0 radical (unpaired) electrons. The molecule has 3 heteroatoms. The van der Waals surface area contributed by atoms with E-state index < -0.39 is 0 Å². The molecule has 1 aromatic heterocycles. The van der Waals surface area contributed by atoms with Crippen LogP contribution >= 0.6 is 0 Å². The number of hydrogen-bond donors (Lipinski definition) is 1. The summed E-state index contributed by atoms with van der Waals surface area (Å²) < 4.78 is 5.47. The predicted octanol–water partition coefficient (Wildman–Crippen LogP) is 1.45. The van der Waals surface area contributed by atoms with Gasteiger partial charge in [-0.1, -0.05) is 0 Å². The molecule has 12 heavy (non-hydrogen) atoms. The van der Waals surface area contributed by atoms with E-state index in [0.29, 0.717) is 5.92 Å². The number of piperidine rings is 1. The molecule has 1 N–H and O–H groups in total. The lowest BCUT2D eigenvalue weighted by molar-refractivity contribution is 0.378. The van der Waals surface area contributed by atoms with E-state index in [1.165, 1.54) is 12.8 Å². The lowest BCUT2D eigenvalue weighted by atomic mass is 9.98. The lowest BCUT2D eigenvalue weighted by Crippen LogP contribution is -2.28. The van der Waals surface area contributed by atoms with Gasteiger partial charge in [-0.15, -0.1) is 0 Å². The van der Waals surface area contributed by atoms with Crippen molar-refractivity contribution in [2.45, 2.75) is 25.7 Å². The van der Waals surface area contributed by atoms with Gasteiger partial charge < -0.3 is 9.73 Å². The zero-order chi connectivity index (χ0) is 8.39. The van der Waals surface area contributed by atoms with Crippen LogP contribution in [0.3, 0.4) is 0 Å². The Kier molecular flexibility index (Phi) is 2.13. The first-order valence-electron chi connectivity index (χ1n) is 4.49. The highest BCUT2D eigenvalue weighted by Gasteiger charge is 2.18. The van der Waals surface area contributed by atoms with Crippen LogP contribution in [0.4, 0.5) is 0 Å². The van der Waals surface area contributed by atoms with Crippen molar-refractivity contribution in [1.29, 1.82) is 0 Å². The summed E-state index contributed by atoms with van der Waals surface area (Å²) >= 11 is 0. The number of hydrogen-bond acceptors (Lipinski definition) is 3. The Labute approximate surface area is 72.2 Å². The number of aryl methyl sites for hydroxylation is 1. The van der Waals surface area contributed by atoms with Crippen molar-refractivity contribution in [3.05, 3.63) is 17.8 Å². The third kappa shape index (κ3) is 1.50. The summed E-state index contributed by atoms with van der Waals surface area (Å²) in [6.45, 7) is 4.07. The van der Waals surface area contributed by atoms with Crippen molar-refractivity contribution in [3.8, 4) is 0 Å². The van der Waals surface area contributed by atoms with Crippen LogP contribution in [0.5, 0.6) is 0 Å². The van der Waals surface area contributed by atoms with E-state index in [4.69, 9.17) is 4.42 Å². The van der Waals surface area contributed by atoms with Gasteiger partial charge in [0.1, 0.15) is 5.76 Å². The first-order chi connectivity index (χ1) is 5.86. The Morgan fingerprint density at radius 3 is 3.17 bits per heavy atom. The maximum absolute atomic E-state index is 5.47. The van der Waals surface area contributed by atoms with Crippen LogP contribution < -0.4 is 5.32 Å². The van der Waals surface area contributed by atoms with E-state index in [2.05, 4.69) is 10.3 Å². The van der Waals surface area contributed by atoms with Gasteiger partial charge in [0.15, 0.2) is 5.89 Å². The van der Waals surface area contributed by atoms with Gasteiger partial charge in [-0.2, -0.15) is 0 Å². The minimum absolute atomic E-state index is 0.542. The Morgan fingerprint density at radius 1 is 1.67 bits per heavy atom. The summed E-state index contributed by atoms with van der Waals surface area (Å²) in [5, 5.41) is 3.35. The monoisotopic (exact) mass is 166 g/mol. The van der Waals surface area contributed by atoms with Crippen molar-refractivity contribution < 1.29 is 4.42 Å². The topological polar surface area (TPSA) is 38.1 Å². The fourth-order valence-corrected chi connectivity index (χ4v) is 1.66. The molecule has 1 aliphatic rings. The summed E-state index contributed by atoms with van der Waals surface area (Å²) in [5.74, 6) is 2.36. The molecule has 0 amide bonds. The highest BCUT2D eigenvalue weighted by molar-refractivity contribution is 5.03. The Balaban J connectivity index is 2.08. The van der Waals surface area contributed by atoms with Gasteiger partial charge in [-0.3, -0.25) is 0 Å². The predicted molar refractivity (Wildman–Crippen MR) is 46.1 cm³/mol. The second-order valence-electron chi connectivity index (χ2n) is 3.32. The van der Waals surface area contributed by atoms with Crippen molar-refractivity contribution >= 4 is 0 Å². The quantitative estimate of drug-likeness (QED) is 0.686. The van der Waals surface area contributed by atoms with Crippen LogP contribution in [-0.2, 0) is 0 Å². The lowest BCUT2D eigenvalue weighted by Gasteiger charge is -2.19. The second-order valence-corrected chi connectivity index (χ2v) is 3.32. The number of nitrogens with zero attached hydrogens (tertiary/aromatic N) is 1. The highest BCUT2D eigenvalue weighted by Crippen LogP contribution is 2.23. The largest absolute Gasteiger partial charge is 0.446 e. The SMILES string of the molecule is Cc1ncc(C2CCCNC2)o1. The number of nitrogens with one attached hydrogen (secondary N) is 1. The molecule has 1 aromatic rings. The number of rotatable bonds is 1. The number of aromatic nitrogens is 1. The minimum Gasteiger partial charge on any atom is -0.446 e. The molecule has 1 aliphatic heterocycles. The van der Waals surface area contributed by atoms with Gasteiger partial charge in [0.05, 0.1) is 6.20 Å². The molecule has 1 saturated heterocycles. The molecule has 0 bridgehead atoms. The molecule has 0 saturated carbocycles. The maximum atomic E-state index is 5.47. The van der Waals surface area contributed by atoms with E-state index in [9.17, 15) is 0 Å². The molecule has 2 rings (SSSR count). The highest BCUT2D eigenvalue weighted by atomic mass is 16.4. The summed E-state index contributed by atoms with van der Waals surface area (Å²) in [6, 6.07) is 0. The van der Waals surface area contributed by atoms with E-state index >= 15 is 0 Å². The first-order valence-corrected chi connectivity index (χ1v) is 4.49. The average molecular weight is 166 g/mol. The molecule has 1 atom stereocenters. The van der Waals surface area contributed by atoms with Crippen LogP contribution in [0.25, 0.3) is 0 Å². The fourth-order valence-electron chi connectivity index (χ4n) is 1.66. The van der Waals surface area contributed by atoms with Gasteiger partial charge in [0.25, 0.3) is 0 Å². The zero-order valence-corrected chi connectivity index (χ0v) is 7.34. The van der Waals surface area contributed by atoms with Gasteiger partial charge in [-0.05, 0) is 19.4 Å². The maximum Gasteiger partial charge on any atom is 0.191 e. The van der Waals surface area contributed by atoms with E-state index in [0.717, 1.165) is 24.7 Å². The molecular weight excluding hydrogens is 152 g/mol. The molecule has 2 heterocycles. The second kappa shape index (κ2) is 3.27. The van der Waals surface area contributed by atoms with E-state index in [1.807, 2.05) is 13.1 Å². The van der Waals surface area contributed by atoms with Gasteiger partial charge in [-0.25, -0.2) is 4.98 Å². The molecule has 0 aliphatic carbocycles. The van der Waals surface area contributed by atoms with Crippen molar-refractivity contribution in [2.75, 3.05) is 13.1 Å². The standard InChI is InChI=1S/C9H14N2O/c1-7-11-6-9(12-7)8-3-2-4-10-5-8/h6,8,10H,2-5H2,1H3. The molecule has 66 valence electrons. The Morgan fingerprint density at radius 2 is 2.58 bits per heavy atom. The Hall–Kier alpha value is -0.830. The number of oxazole rings is 1. The first kappa shape index (κ1) is 7.80. The third-order valence-corrected chi connectivity index (χ3v) is 2.34. The summed E-state index contributed by atoms with van der Waals surface area (Å²) in [4.78, 5) is 4.10. The summed E-state index contributed by atoms with van der Waals surface area (Å²) in [7, 11) is 0. The average Bonchev–Trinajstić information content (AvgIpc) is 2.54.